The highest BCUT2D eigenvalue weighted by atomic mass is 35.5. The molecule has 0 saturated heterocycles. The number of para-hydroxylation sites is 1. The van der Waals surface area contributed by atoms with Crippen molar-refractivity contribution in [1.29, 1.82) is 0 Å². The summed E-state index contributed by atoms with van der Waals surface area (Å²) in [6, 6.07) is 7.09. The maximum absolute atomic E-state index is 11.7. The van der Waals surface area contributed by atoms with Gasteiger partial charge in [0.15, 0.2) is 5.82 Å². The zero-order chi connectivity index (χ0) is 15.8. The van der Waals surface area contributed by atoms with Crippen LogP contribution in [-0.4, -0.2) is 46.4 Å². The Hall–Kier alpha value is -2.19. The lowest BCUT2D eigenvalue weighted by atomic mass is 10.3. The van der Waals surface area contributed by atoms with Crippen molar-refractivity contribution in [3.63, 3.8) is 0 Å². The largest absolute Gasteiger partial charge is 0.484 e. The third-order valence-electron chi connectivity index (χ3n) is 2.72. The molecule has 0 aliphatic carbocycles. The number of tetrazole rings is 1. The van der Waals surface area contributed by atoms with Crippen molar-refractivity contribution in [1.82, 2.24) is 25.5 Å². The Morgan fingerprint density at radius 1 is 1.41 bits per heavy atom. The van der Waals surface area contributed by atoms with Crippen molar-refractivity contribution >= 4 is 17.5 Å². The van der Waals surface area contributed by atoms with E-state index in [4.69, 9.17) is 21.1 Å². The van der Waals surface area contributed by atoms with Crippen molar-refractivity contribution in [3.05, 3.63) is 35.1 Å². The SMILES string of the molecule is COCCNC(=O)Cn1nnnc1COc1ccccc1Cl. The molecule has 0 atom stereocenters. The summed E-state index contributed by atoms with van der Waals surface area (Å²) < 4.78 is 11.8. The molecule has 1 aromatic heterocycles. The van der Waals surface area contributed by atoms with Crippen molar-refractivity contribution in [2.24, 2.45) is 0 Å². The van der Waals surface area contributed by atoms with Gasteiger partial charge in [-0.1, -0.05) is 23.7 Å². The molecule has 8 nitrogen and oxygen atoms in total. The summed E-state index contributed by atoms with van der Waals surface area (Å²) in [5, 5.41) is 14.3. The number of hydrogen-bond donors (Lipinski definition) is 1. The molecule has 0 bridgehead atoms. The lowest BCUT2D eigenvalue weighted by Crippen LogP contribution is -2.31. The Bertz CT molecular complexity index is 619. The molecule has 1 aromatic carbocycles. The van der Waals surface area contributed by atoms with Crippen LogP contribution in [0.15, 0.2) is 24.3 Å². The minimum atomic E-state index is -0.205. The Morgan fingerprint density at radius 3 is 3.00 bits per heavy atom. The van der Waals surface area contributed by atoms with Gasteiger partial charge in [0, 0.05) is 13.7 Å². The van der Waals surface area contributed by atoms with E-state index in [1.54, 1.807) is 19.2 Å². The maximum Gasteiger partial charge on any atom is 0.241 e. The van der Waals surface area contributed by atoms with E-state index in [0.717, 1.165) is 0 Å². The first-order chi connectivity index (χ1) is 10.7. The Labute approximate surface area is 132 Å². The van der Waals surface area contributed by atoms with E-state index in [2.05, 4.69) is 20.8 Å². The van der Waals surface area contributed by atoms with E-state index in [9.17, 15) is 4.79 Å². The van der Waals surface area contributed by atoms with Crippen LogP contribution in [0.2, 0.25) is 5.02 Å². The molecule has 0 aliphatic heterocycles. The third kappa shape index (κ3) is 4.68. The summed E-state index contributed by atoms with van der Waals surface area (Å²) in [5.41, 5.74) is 0. The number of rotatable bonds is 8. The molecule has 22 heavy (non-hydrogen) atoms. The average molecular weight is 326 g/mol. The van der Waals surface area contributed by atoms with Crippen LogP contribution in [0.25, 0.3) is 0 Å². The number of carbonyl (C=O) groups excluding carboxylic acids is 1. The zero-order valence-electron chi connectivity index (χ0n) is 12.0. The summed E-state index contributed by atoms with van der Waals surface area (Å²) >= 11 is 6.00. The predicted molar refractivity (Wildman–Crippen MR) is 78.5 cm³/mol. The third-order valence-corrected chi connectivity index (χ3v) is 3.03. The van der Waals surface area contributed by atoms with Gasteiger partial charge < -0.3 is 14.8 Å². The zero-order valence-corrected chi connectivity index (χ0v) is 12.8. The Balaban J connectivity index is 1.89. The molecular formula is C13H16ClN5O3. The minimum Gasteiger partial charge on any atom is -0.484 e. The number of methoxy groups -OCH3 is 1. The van der Waals surface area contributed by atoms with E-state index in [0.29, 0.717) is 29.7 Å². The highest BCUT2D eigenvalue weighted by Gasteiger charge is 2.11. The fourth-order valence-corrected chi connectivity index (χ4v) is 1.83. The summed E-state index contributed by atoms with van der Waals surface area (Å²) in [4.78, 5) is 11.7. The fraction of sp³-hybridized carbons (Fsp3) is 0.385. The number of amides is 1. The standard InChI is InChI=1S/C13H16ClN5O3/c1-21-7-6-15-13(20)8-19-12(16-17-18-19)9-22-11-5-3-2-4-10(11)14/h2-5H,6-9H2,1H3,(H,15,20). The van der Waals surface area contributed by atoms with Gasteiger partial charge >= 0.3 is 0 Å². The summed E-state index contributed by atoms with van der Waals surface area (Å²) in [6.07, 6.45) is 0. The molecule has 0 unspecified atom stereocenters. The number of nitrogens with one attached hydrogen (secondary N) is 1. The molecule has 0 fully saturated rings. The monoisotopic (exact) mass is 325 g/mol. The van der Waals surface area contributed by atoms with E-state index in [1.165, 1.54) is 4.68 Å². The number of carbonyl (C=O) groups is 1. The van der Waals surface area contributed by atoms with Gasteiger partial charge in [0.05, 0.1) is 11.6 Å². The first-order valence-electron chi connectivity index (χ1n) is 6.58. The van der Waals surface area contributed by atoms with Crippen molar-refractivity contribution in [3.8, 4) is 5.75 Å². The second-order valence-corrected chi connectivity index (χ2v) is 4.72. The van der Waals surface area contributed by atoms with Crippen LogP contribution in [0.5, 0.6) is 5.75 Å². The van der Waals surface area contributed by atoms with Crippen LogP contribution in [-0.2, 0) is 22.7 Å². The van der Waals surface area contributed by atoms with Crippen LogP contribution in [0.4, 0.5) is 0 Å². The van der Waals surface area contributed by atoms with Gasteiger partial charge in [-0.05, 0) is 22.6 Å². The molecule has 0 aliphatic rings. The average Bonchev–Trinajstić information content (AvgIpc) is 2.94. The molecule has 0 spiro atoms. The van der Waals surface area contributed by atoms with Crippen molar-refractivity contribution in [2.45, 2.75) is 13.2 Å². The molecule has 2 rings (SSSR count). The molecular weight excluding hydrogens is 310 g/mol. The van der Waals surface area contributed by atoms with Gasteiger partial charge in [-0.3, -0.25) is 4.79 Å². The van der Waals surface area contributed by atoms with Gasteiger partial charge in [-0.25, -0.2) is 4.68 Å². The van der Waals surface area contributed by atoms with E-state index in [1.807, 2.05) is 12.1 Å². The summed E-state index contributed by atoms with van der Waals surface area (Å²) in [7, 11) is 1.57. The lowest BCUT2D eigenvalue weighted by Gasteiger charge is -2.08. The number of ether oxygens (including phenoxy) is 2. The second kappa shape index (κ2) is 8.30. The Morgan fingerprint density at radius 2 is 2.23 bits per heavy atom. The van der Waals surface area contributed by atoms with Gasteiger partial charge in [-0.15, -0.1) is 5.10 Å². The van der Waals surface area contributed by atoms with E-state index in [-0.39, 0.29) is 19.1 Å². The topological polar surface area (TPSA) is 91.2 Å². The quantitative estimate of drug-likeness (QED) is 0.717. The highest BCUT2D eigenvalue weighted by molar-refractivity contribution is 6.32. The molecule has 1 amide bonds. The second-order valence-electron chi connectivity index (χ2n) is 4.31. The molecule has 9 heteroatoms. The normalized spacial score (nSPS) is 10.5. The number of nitrogens with zero attached hydrogens (tertiary/aromatic N) is 4. The smallest absolute Gasteiger partial charge is 0.241 e. The maximum atomic E-state index is 11.7. The summed E-state index contributed by atoms with van der Waals surface area (Å²) in [5.74, 6) is 0.758. The number of hydrogen-bond acceptors (Lipinski definition) is 6. The molecule has 1 heterocycles. The number of halogens is 1. The molecule has 1 N–H and O–H groups in total. The van der Waals surface area contributed by atoms with E-state index < -0.39 is 0 Å². The van der Waals surface area contributed by atoms with Crippen LogP contribution in [0.1, 0.15) is 5.82 Å². The van der Waals surface area contributed by atoms with Crippen LogP contribution in [0, 0.1) is 0 Å². The van der Waals surface area contributed by atoms with Crippen LogP contribution >= 0.6 is 11.6 Å². The van der Waals surface area contributed by atoms with E-state index >= 15 is 0 Å². The number of aromatic nitrogens is 4. The molecule has 118 valence electrons. The van der Waals surface area contributed by atoms with Crippen molar-refractivity contribution in [2.75, 3.05) is 20.3 Å². The van der Waals surface area contributed by atoms with Gasteiger partial charge in [0.1, 0.15) is 18.9 Å². The van der Waals surface area contributed by atoms with Crippen LogP contribution in [0.3, 0.4) is 0 Å². The van der Waals surface area contributed by atoms with Gasteiger partial charge in [0.25, 0.3) is 0 Å². The number of benzene rings is 1. The minimum absolute atomic E-state index is 0.0118. The van der Waals surface area contributed by atoms with Crippen molar-refractivity contribution < 1.29 is 14.3 Å². The van der Waals surface area contributed by atoms with Gasteiger partial charge in [0.2, 0.25) is 5.91 Å². The highest BCUT2D eigenvalue weighted by Crippen LogP contribution is 2.23. The molecule has 2 aromatic rings. The predicted octanol–water partition coefficient (Wildman–Crippen LogP) is 0.668. The lowest BCUT2D eigenvalue weighted by molar-refractivity contribution is -0.122. The molecule has 0 radical (unpaired) electrons. The van der Waals surface area contributed by atoms with Gasteiger partial charge in [-0.2, -0.15) is 0 Å². The Kier molecular flexibility index (Phi) is 6.11. The fourth-order valence-electron chi connectivity index (χ4n) is 1.64. The first kappa shape index (κ1) is 16.2. The first-order valence-corrected chi connectivity index (χ1v) is 6.96. The van der Waals surface area contributed by atoms with Crippen LogP contribution < -0.4 is 10.1 Å². The molecule has 0 saturated carbocycles. The summed E-state index contributed by atoms with van der Waals surface area (Å²) in [6.45, 7) is 1.01.